The van der Waals surface area contributed by atoms with E-state index in [-0.39, 0.29) is 11.8 Å². The summed E-state index contributed by atoms with van der Waals surface area (Å²) in [6, 6.07) is 21.4. The van der Waals surface area contributed by atoms with E-state index in [4.69, 9.17) is 23.2 Å². The molecule has 0 aromatic heterocycles. The van der Waals surface area contributed by atoms with Crippen LogP contribution in [0, 0.1) is 0 Å². The zero-order chi connectivity index (χ0) is 19.2. The highest BCUT2D eigenvalue weighted by atomic mass is 35.5. The number of carbonyl (C=O) groups excluding carboxylic acids is 2. The summed E-state index contributed by atoms with van der Waals surface area (Å²) >= 11 is 11.8. The molecule has 0 bridgehead atoms. The van der Waals surface area contributed by atoms with E-state index in [9.17, 15) is 9.59 Å². The van der Waals surface area contributed by atoms with Crippen molar-refractivity contribution in [2.24, 2.45) is 0 Å². The van der Waals surface area contributed by atoms with Gasteiger partial charge in [0.1, 0.15) is 6.04 Å². The van der Waals surface area contributed by atoms with Crippen LogP contribution in [-0.4, -0.2) is 11.8 Å². The number of amides is 2. The summed E-state index contributed by atoms with van der Waals surface area (Å²) < 4.78 is 0. The molecule has 2 N–H and O–H groups in total. The third-order valence-corrected chi connectivity index (χ3v) is 4.36. The van der Waals surface area contributed by atoms with E-state index in [1.807, 2.05) is 18.2 Å². The molecule has 0 radical (unpaired) electrons. The van der Waals surface area contributed by atoms with Gasteiger partial charge in [-0.15, -0.1) is 0 Å². The SMILES string of the molecule is O=C(N[C@H](C(=O)Nc1cccc(Cl)c1)c1ccccc1)c1ccc(Cl)cc1. The van der Waals surface area contributed by atoms with Gasteiger partial charge in [-0.3, -0.25) is 9.59 Å². The van der Waals surface area contributed by atoms with Crippen molar-refractivity contribution in [2.75, 3.05) is 5.32 Å². The molecule has 1 atom stereocenters. The average Bonchev–Trinajstić information content (AvgIpc) is 2.67. The van der Waals surface area contributed by atoms with Crippen LogP contribution in [0.25, 0.3) is 0 Å². The number of hydrogen-bond donors (Lipinski definition) is 2. The number of carbonyl (C=O) groups is 2. The van der Waals surface area contributed by atoms with E-state index in [0.29, 0.717) is 26.9 Å². The molecular weight excluding hydrogens is 383 g/mol. The van der Waals surface area contributed by atoms with Crippen molar-refractivity contribution < 1.29 is 9.59 Å². The molecule has 27 heavy (non-hydrogen) atoms. The van der Waals surface area contributed by atoms with Crippen LogP contribution in [0.3, 0.4) is 0 Å². The fraction of sp³-hybridized carbons (Fsp3) is 0.0476. The lowest BCUT2D eigenvalue weighted by atomic mass is 10.1. The minimum Gasteiger partial charge on any atom is -0.336 e. The molecule has 0 saturated carbocycles. The molecule has 0 saturated heterocycles. The minimum atomic E-state index is -0.867. The van der Waals surface area contributed by atoms with Crippen LogP contribution in [0.15, 0.2) is 78.9 Å². The molecule has 0 heterocycles. The van der Waals surface area contributed by atoms with Gasteiger partial charge in [0.25, 0.3) is 11.8 Å². The van der Waals surface area contributed by atoms with Crippen molar-refractivity contribution in [2.45, 2.75) is 6.04 Å². The number of benzene rings is 3. The predicted molar refractivity (Wildman–Crippen MR) is 108 cm³/mol. The molecule has 0 aliphatic rings. The maximum Gasteiger partial charge on any atom is 0.252 e. The summed E-state index contributed by atoms with van der Waals surface area (Å²) in [6.07, 6.45) is 0. The fourth-order valence-electron chi connectivity index (χ4n) is 2.54. The molecule has 4 nitrogen and oxygen atoms in total. The van der Waals surface area contributed by atoms with Gasteiger partial charge in [0.2, 0.25) is 0 Å². The largest absolute Gasteiger partial charge is 0.336 e. The zero-order valence-electron chi connectivity index (χ0n) is 14.2. The first-order valence-electron chi connectivity index (χ1n) is 8.21. The number of nitrogens with one attached hydrogen (secondary N) is 2. The molecule has 3 aromatic carbocycles. The topological polar surface area (TPSA) is 58.2 Å². The fourth-order valence-corrected chi connectivity index (χ4v) is 2.86. The minimum absolute atomic E-state index is 0.370. The maximum atomic E-state index is 12.9. The molecule has 6 heteroatoms. The van der Waals surface area contributed by atoms with E-state index in [1.165, 1.54) is 0 Å². The van der Waals surface area contributed by atoms with Crippen molar-refractivity contribution >= 4 is 40.7 Å². The summed E-state index contributed by atoms with van der Waals surface area (Å²) in [5.74, 6) is -0.743. The Morgan fingerprint density at radius 1 is 0.778 bits per heavy atom. The number of hydrogen-bond acceptors (Lipinski definition) is 2. The van der Waals surface area contributed by atoms with Crippen molar-refractivity contribution in [1.29, 1.82) is 0 Å². The van der Waals surface area contributed by atoms with Crippen LogP contribution in [0.2, 0.25) is 10.0 Å². The Morgan fingerprint density at radius 3 is 2.15 bits per heavy atom. The van der Waals surface area contributed by atoms with Crippen LogP contribution in [0.1, 0.15) is 22.0 Å². The Labute approximate surface area is 167 Å². The van der Waals surface area contributed by atoms with E-state index < -0.39 is 6.04 Å². The molecule has 3 aromatic rings. The molecule has 0 spiro atoms. The average molecular weight is 399 g/mol. The van der Waals surface area contributed by atoms with E-state index in [1.54, 1.807) is 60.7 Å². The highest BCUT2D eigenvalue weighted by molar-refractivity contribution is 6.31. The van der Waals surface area contributed by atoms with Crippen LogP contribution in [0.4, 0.5) is 5.69 Å². The Hall–Kier alpha value is -2.82. The number of halogens is 2. The molecule has 0 aliphatic heterocycles. The first-order valence-corrected chi connectivity index (χ1v) is 8.96. The van der Waals surface area contributed by atoms with Gasteiger partial charge in [-0.2, -0.15) is 0 Å². The normalized spacial score (nSPS) is 11.5. The van der Waals surface area contributed by atoms with Crippen molar-refractivity contribution in [3.8, 4) is 0 Å². The standard InChI is InChI=1S/C21H16Cl2N2O2/c22-16-11-9-15(10-12-16)20(26)25-19(14-5-2-1-3-6-14)21(27)24-18-8-4-7-17(23)13-18/h1-13,19H,(H,24,27)(H,25,26)/t19-/m0/s1. The summed E-state index contributed by atoms with van der Waals surface area (Å²) in [5, 5.41) is 6.61. The first kappa shape index (κ1) is 19.0. The second-order valence-corrected chi connectivity index (χ2v) is 6.70. The highest BCUT2D eigenvalue weighted by Gasteiger charge is 2.23. The Bertz CT molecular complexity index is 944. The third-order valence-electron chi connectivity index (χ3n) is 3.87. The smallest absolute Gasteiger partial charge is 0.252 e. The van der Waals surface area contributed by atoms with Crippen LogP contribution in [-0.2, 0) is 4.79 Å². The summed E-state index contributed by atoms with van der Waals surface area (Å²) in [7, 11) is 0. The monoisotopic (exact) mass is 398 g/mol. The van der Waals surface area contributed by atoms with E-state index in [2.05, 4.69) is 10.6 Å². The molecule has 2 amide bonds. The second kappa shape index (κ2) is 8.71. The highest BCUT2D eigenvalue weighted by Crippen LogP contribution is 2.20. The lowest BCUT2D eigenvalue weighted by Gasteiger charge is -2.19. The summed E-state index contributed by atoms with van der Waals surface area (Å²) in [5.41, 5.74) is 1.63. The van der Waals surface area contributed by atoms with Gasteiger partial charge in [-0.05, 0) is 48.0 Å². The molecule has 0 fully saturated rings. The van der Waals surface area contributed by atoms with Crippen molar-refractivity contribution in [3.05, 3.63) is 100 Å². The van der Waals surface area contributed by atoms with Crippen molar-refractivity contribution in [3.63, 3.8) is 0 Å². The Kier molecular flexibility index (Phi) is 6.12. The van der Waals surface area contributed by atoms with Crippen LogP contribution in [0.5, 0.6) is 0 Å². The molecule has 3 rings (SSSR count). The zero-order valence-corrected chi connectivity index (χ0v) is 15.7. The summed E-state index contributed by atoms with van der Waals surface area (Å²) in [6.45, 7) is 0. The first-order chi connectivity index (χ1) is 13.0. The van der Waals surface area contributed by atoms with Gasteiger partial charge in [0.05, 0.1) is 0 Å². The van der Waals surface area contributed by atoms with Gasteiger partial charge < -0.3 is 10.6 Å². The van der Waals surface area contributed by atoms with Crippen LogP contribution < -0.4 is 10.6 Å². The maximum absolute atomic E-state index is 12.9. The quantitative estimate of drug-likeness (QED) is 0.627. The lowest BCUT2D eigenvalue weighted by Crippen LogP contribution is -2.37. The van der Waals surface area contributed by atoms with Gasteiger partial charge >= 0.3 is 0 Å². The summed E-state index contributed by atoms with van der Waals surface area (Å²) in [4.78, 5) is 25.5. The third kappa shape index (κ3) is 5.09. The van der Waals surface area contributed by atoms with E-state index >= 15 is 0 Å². The number of anilines is 1. The Morgan fingerprint density at radius 2 is 1.48 bits per heavy atom. The molecule has 0 aliphatic carbocycles. The lowest BCUT2D eigenvalue weighted by molar-refractivity contribution is -0.118. The van der Waals surface area contributed by atoms with Crippen LogP contribution >= 0.6 is 23.2 Å². The van der Waals surface area contributed by atoms with Gasteiger partial charge in [0.15, 0.2) is 0 Å². The van der Waals surface area contributed by atoms with E-state index in [0.717, 1.165) is 0 Å². The van der Waals surface area contributed by atoms with Crippen molar-refractivity contribution in [1.82, 2.24) is 5.32 Å². The predicted octanol–water partition coefficient (Wildman–Crippen LogP) is 5.10. The molecule has 136 valence electrons. The Balaban J connectivity index is 1.83. The molecular formula is C21H16Cl2N2O2. The second-order valence-electron chi connectivity index (χ2n) is 5.82. The van der Waals surface area contributed by atoms with Gasteiger partial charge in [0, 0.05) is 21.3 Å². The molecule has 0 unspecified atom stereocenters. The van der Waals surface area contributed by atoms with Gasteiger partial charge in [-0.25, -0.2) is 0 Å². The van der Waals surface area contributed by atoms with Gasteiger partial charge in [-0.1, -0.05) is 59.6 Å². The number of rotatable bonds is 5.